The zero-order valence-electron chi connectivity index (χ0n) is 11.3. The molecule has 0 fully saturated rings. The van der Waals surface area contributed by atoms with Gasteiger partial charge in [0.2, 0.25) is 0 Å². The first kappa shape index (κ1) is 15.2. The number of unbranched alkanes of at least 4 members (excludes halogenated alkanes) is 1. The molecular weight excluding hydrogens is 196 g/mol. The third-order valence-electron chi connectivity index (χ3n) is 2.21. The third kappa shape index (κ3) is 9.72. The first-order valence-corrected chi connectivity index (χ1v) is 6.31. The van der Waals surface area contributed by atoms with Crippen LogP contribution in [-0.4, -0.2) is 13.2 Å². The fourth-order valence-corrected chi connectivity index (χ4v) is 1.13. The molecule has 0 aliphatic heterocycles. The lowest BCUT2D eigenvalue weighted by Gasteiger charge is -1.97. The van der Waals surface area contributed by atoms with Crippen molar-refractivity contribution in [1.29, 1.82) is 0 Å². The maximum Gasteiger partial charge on any atom is 0.0465 e. The maximum atomic E-state index is 5.22. The molecule has 0 aliphatic carbocycles. The molecule has 0 atom stereocenters. The summed E-state index contributed by atoms with van der Waals surface area (Å²) in [6.07, 6.45) is 3.59. The Morgan fingerprint density at radius 2 is 1.31 bits per heavy atom. The number of ether oxygens (including phenoxy) is 1. The average Bonchev–Trinajstić information content (AvgIpc) is 2.30. The minimum absolute atomic E-state index is 0.931. The van der Waals surface area contributed by atoms with Crippen LogP contribution in [0.4, 0.5) is 0 Å². The molecule has 0 saturated heterocycles. The lowest BCUT2D eigenvalue weighted by atomic mass is 10.2. The fraction of sp³-hybridized carbons (Fsp3) is 0.600. The van der Waals surface area contributed by atoms with Crippen LogP contribution in [0, 0.1) is 13.8 Å². The summed E-state index contributed by atoms with van der Waals surface area (Å²) in [7, 11) is 0. The Morgan fingerprint density at radius 3 is 1.69 bits per heavy atom. The SMILES string of the molecule is CCCCOCCC.Cc1ccc(C)cc1. The van der Waals surface area contributed by atoms with Crippen molar-refractivity contribution in [3.63, 3.8) is 0 Å². The van der Waals surface area contributed by atoms with Crippen molar-refractivity contribution in [2.75, 3.05) is 13.2 Å². The molecule has 16 heavy (non-hydrogen) atoms. The highest BCUT2D eigenvalue weighted by molar-refractivity contribution is 5.19. The van der Waals surface area contributed by atoms with Gasteiger partial charge in [-0.2, -0.15) is 0 Å². The van der Waals surface area contributed by atoms with Gasteiger partial charge in [0.25, 0.3) is 0 Å². The van der Waals surface area contributed by atoms with E-state index in [1.165, 1.54) is 24.0 Å². The molecule has 0 amide bonds. The number of rotatable bonds is 5. The topological polar surface area (TPSA) is 9.23 Å². The summed E-state index contributed by atoms with van der Waals surface area (Å²) in [6, 6.07) is 8.48. The van der Waals surface area contributed by atoms with Gasteiger partial charge in [0, 0.05) is 13.2 Å². The van der Waals surface area contributed by atoms with E-state index in [-0.39, 0.29) is 0 Å². The first-order chi connectivity index (χ1) is 7.70. The second-order valence-electron chi connectivity index (χ2n) is 4.12. The number of benzene rings is 1. The van der Waals surface area contributed by atoms with E-state index < -0.39 is 0 Å². The van der Waals surface area contributed by atoms with Gasteiger partial charge in [-0.3, -0.25) is 0 Å². The van der Waals surface area contributed by atoms with Gasteiger partial charge in [-0.05, 0) is 26.7 Å². The summed E-state index contributed by atoms with van der Waals surface area (Å²) in [4.78, 5) is 0. The lowest BCUT2D eigenvalue weighted by molar-refractivity contribution is 0.132. The van der Waals surface area contributed by atoms with Crippen LogP contribution in [0.25, 0.3) is 0 Å². The molecule has 0 aromatic heterocycles. The van der Waals surface area contributed by atoms with Crippen molar-refractivity contribution in [1.82, 2.24) is 0 Å². The molecule has 0 saturated carbocycles. The van der Waals surface area contributed by atoms with Crippen LogP contribution in [-0.2, 0) is 4.74 Å². The molecule has 1 aromatic carbocycles. The smallest absolute Gasteiger partial charge is 0.0465 e. The normalized spacial score (nSPS) is 9.50. The van der Waals surface area contributed by atoms with Gasteiger partial charge < -0.3 is 4.74 Å². The second kappa shape index (κ2) is 10.7. The molecule has 0 bridgehead atoms. The quantitative estimate of drug-likeness (QED) is 0.666. The molecule has 0 aliphatic rings. The highest BCUT2D eigenvalue weighted by atomic mass is 16.5. The monoisotopic (exact) mass is 222 g/mol. The van der Waals surface area contributed by atoms with E-state index in [1.54, 1.807) is 0 Å². The molecule has 1 rings (SSSR count). The van der Waals surface area contributed by atoms with Crippen LogP contribution < -0.4 is 0 Å². The van der Waals surface area contributed by atoms with Crippen molar-refractivity contribution in [2.45, 2.75) is 47.0 Å². The molecule has 0 N–H and O–H groups in total. The molecule has 0 spiro atoms. The Hall–Kier alpha value is -0.820. The van der Waals surface area contributed by atoms with Crippen LogP contribution in [0.3, 0.4) is 0 Å². The molecule has 0 radical (unpaired) electrons. The molecule has 1 nitrogen and oxygen atoms in total. The second-order valence-corrected chi connectivity index (χ2v) is 4.12. The van der Waals surface area contributed by atoms with Crippen LogP contribution in [0.1, 0.15) is 44.2 Å². The van der Waals surface area contributed by atoms with E-state index in [9.17, 15) is 0 Å². The number of aryl methyl sites for hydroxylation is 2. The zero-order valence-corrected chi connectivity index (χ0v) is 11.3. The average molecular weight is 222 g/mol. The van der Waals surface area contributed by atoms with Gasteiger partial charge in [0.15, 0.2) is 0 Å². The summed E-state index contributed by atoms with van der Waals surface area (Å²) >= 11 is 0. The van der Waals surface area contributed by atoms with Crippen LogP contribution in [0.15, 0.2) is 24.3 Å². The largest absolute Gasteiger partial charge is 0.381 e. The number of hydrogen-bond acceptors (Lipinski definition) is 1. The van der Waals surface area contributed by atoms with Crippen LogP contribution >= 0.6 is 0 Å². The molecule has 1 heteroatoms. The lowest BCUT2D eigenvalue weighted by Crippen LogP contribution is -1.93. The van der Waals surface area contributed by atoms with Crippen molar-refractivity contribution in [3.8, 4) is 0 Å². The highest BCUT2D eigenvalue weighted by Gasteiger charge is 1.82. The van der Waals surface area contributed by atoms with E-state index in [0.717, 1.165) is 19.6 Å². The van der Waals surface area contributed by atoms with Gasteiger partial charge in [0.1, 0.15) is 0 Å². The van der Waals surface area contributed by atoms with Crippen LogP contribution in [0.5, 0.6) is 0 Å². The van der Waals surface area contributed by atoms with Gasteiger partial charge in [0.05, 0.1) is 0 Å². The summed E-state index contributed by atoms with van der Waals surface area (Å²) in [5.74, 6) is 0. The van der Waals surface area contributed by atoms with E-state index in [1.807, 2.05) is 0 Å². The van der Waals surface area contributed by atoms with Gasteiger partial charge in [-0.15, -0.1) is 0 Å². The maximum absolute atomic E-state index is 5.22. The van der Waals surface area contributed by atoms with E-state index in [0.29, 0.717) is 0 Å². The molecule has 0 unspecified atom stereocenters. The molecule has 92 valence electrons. The van der Waals surface area contributed by atoms with Crippen molar-refractivity contribution < 1.29 is 4.74 Å². The zero-order chi connectivity index (χ0) is 12.2. The van der Waals surface area contributed by atoms with E-state index in [4.69, 9.17) is 4.74 Å². The van der Waals surface area contributed by atoms with Crippen molar-refractivity contribution in [3.05, 3.63) is 35.4 Å². The summed E-state index contributed by atoms with van der Waals surface area (Å²) in [5.41, 5.74) is 2.66. The molecule has 0 heterocycles. The first-order valence-electron chi connectivity index (χ1n) is 6.31. The Kier molecular flexibility index (Phi) is 10.1. The summed E-state index contributed by atoms with van der Waals surface area (Å²) < 4.78 is 5.22. The Bertz CT molecular complexity index is 211. The fourth-order valence-electron chi connectivity index (χ4n) is 1.13. The van der Waals surface area contributed by atoms with E-state index in [2.05, 4.69) is 52.0 Å². The number of hydrogen-bond donors (Lipinski definition) is 0. The summed E-state index contributed by atoms with van der Waals surface area (Å²) in [5, 5.41) is 0. The van der Waals surface area contributed by atoms with Gasteiger partial charge in [-0.25, -0.2) is 0 Å². The third-order valence-corrected chi connectivity index (χ3v) is 2.21. The Morgan fingerprint density at radius 1 is 0.812 bits per heavy atom. The van der Waals surface area contributed by atoms with Crippen molar-refractivity contribution >= 4 is 0 Å². The molecular formula is C15H26O. The van der Waals surface area contributed by atoms with Gasteiger partial charge in [-0.1, -0.05) is 55.7 Å². The van der Waals surface area contributed by atoms with E-state index >= 15 is 0 Å². The molecule has 1 aromatic rings. The van der Waals surface area contributed by atoms with Crippen LogP contribution in [0.2, 0.25) is 0 Å². The minimum Gasteiger partial charge on any atom is -0.381 e. The van der Waals surface area contributed by atoms with Crippen molar-refractivity contribution in [2.24, 2.45) is 0 Å². The Balaban J connectivity index is 0.000000281. The van der Waals surface area contributed by atoms with Gasteiger partial charge >= 0.3 is 0 Å². The minimum atomic E-state index is 0.931. The Labute approximate surface area is 101 Å². The predicted molar refractivity (Wildman–Crippen MR) is 71.9 cm³/mol. The summed E-state index contributed by atoms with van der Waals surface area (Å²) in [6.45, 7) is 10.4. The predicted octanol–water partition coefficient (Wildman–Crippen LogP) is 4.52. The highest BCUT2D eigenvalue weighted by Crippen LogP contribution is 1.99. The standard InChI is InChI=1S/C8H10.C7H16O/c1-7-3-5-8(2)6-4-7;1-3-5-7-8-6-4-2/h3-6H,1-2H3;3-7H2,1-2H3.